The molecule has 0 aliphatic heterocycles. The summed E-state index contributed by atoms with van der Waals surface area (Å²) in [6, 6.07) is 0. The van der Waals surface area contributed by atoms with E-state index in [1.165, 1.54) is 4.57 Å². The van der Waals surface area contributed by atoms with Gasteiger partial charge in [0.15, 0.2) is 0 Å². The fraction of sp³-hybridized carbons (Fsp3) is 0.667. The SMILES string of the molecule is Cc1cn(C)c(=O)nc1O[P+](N(C)C)(N(C)C)N(C)C. The van der Waals surface area contributed by atoms with Crippen LogP contribution >= 0.6 is 7.94 Å². The summed E-state index contributed by atoms with van der Waals surface area (Å²) in [6.45, 7) is 1.89. The van der Waals surface area contributed by atoms with Gasteiger partial charge in [-0.05, 0) is 6.92 Å². The van der Waals surface area contributed by atoms with Crippen LogP contribution in [-0.4, -0.2) is 65.8 Å². The molecule has 1 aromatic rings. The van der Waals surface area contributed by atoms with Gasteiger partial charge >= 0.3 is 13.6 Å². The van der Waals surface area contributed by atoms with E-state index in [0.29, 0.717) is 5.88 Å². The third-order valence-electron chi connectivity index (χ3n) is 3.00. The van der Waals surface area contributed by atoms with Gasteiger partial charge in [-0.25, -0.2) is 4.79 Å². The topological polar surface area (TPSA) is 53.8 Å². The Morgan fingerprint density at radius 2 is 1.55 bits per heavy atom. The fourth-order valence-corrected chi connectivity index (χ4v) is 5.23. The lowest BCUT2D eigenvalue weighted by Gasteiger charge is -2.36. The summed E-state index contributed by atoms with van der Waals surface area (Å²) in [7, 11) is 11.2. The summed E-state index contributed by atoms with van der Waals surface area (Å²) in [6.07, 6.45) is 1.74. The van der Waals surface area contributed by atoms with E-state index in [-0.39, 0.29) is 5.69 Å². The Balaban J connectivity index is 3.34. The molecule has 0 aromatic carbocycles. The smallest absolute Gasteiger partial charge is 0.302 e. The van der Waals surface area contributed by atoms with Crippen LogP contribution in [0.25, 0.3) is 0 Å². The maximum absolute atomic E-state index is 11.7. The minimum Gasteiger partial charge on any atom is -0.302 e. The molecule has 0 saturated heterocycles. The first-order valence-corrected chi connectivity index (χ1v) is 7.85. The highest BCUT2D eigenvalue weighted by atomic mass is 31.2. The molecule has 0 radical (unpaired) electrons. The highest BCUT2D eigenvalue weighted by Crippen LogP contribution is 2.63. The largest absolute Gasteiger partial charge is 0.418 e. The molecule has 0 amide bonds. The van der Waals surface area contributed by atoms with Gasteiger partial charge < -0.3 is 4.57 Å². The predicted octanol–water partition coefficient (Wildman–Crippen LogP) is 0.830. The van der Waals surface area contributed by atoms with Crippen LogP contribution in [0.3, 0.4) is 0 Å². The van der Waals surface area contributed by atoms with Crippen LogP contribution in [0.4, 0.5) is 0 Å². The first-order chi connectivity index (χ1) is 9.12. The third kappa shape index (κ3) is 3.01. The lowest BCUT2D eigenvalue weighted by atomic mass is 10.4. The molecular weight excluding hydrogens is 277 g/mol. The summed E-state index contributed by atoms with van der Waals surface area (Å²) in [5.74, 6) is 0.387. The van der Waals surface area contributed by atoms with Crippen molar-refractivity contribution < 1.29 is 4.52 Å². The molecule has 0 aliphatic carbocycles. The molecule has 0 spiro atoms. The average molecular weight is 302 g/mol. The molecule has 0 atom stereocenters. The van der Waals surface area contributed by atoms with Crippen molar-refractivity contribution in [3.63, 3.8) is 0 Å². The average Bonchev–Trinajstić information content (AvgIpc) is 2.30. The Hall–Kier alpha value is -1.01. The van der Waals surface area contributed by atoms with Gasteiger partial charge in [-0.15, -0.1) is 14.0 Å². The van der Waals surface area contributed by atoms with Crippen molar-refractivity contribution in [2.75, 3.05) is 42.3 Å². The van der Waals surface area contributed by atoms with Crippen molar-refractivity contribution >= 4 is 7.94 Å². The quantitative estimate of drug-likeness (QED) is 0.751. The molecule has 0 N–H and O–H groups in total. The Kier molecular flexibility index (Phi) is 5.27. The number of rotatable bonds is 5. The second kappa shape index (κ2) is 6.18. The van der Waals surface area contributed by atoms with Crippen molar-refractivity contribution in [1.29, 1.82) is 0 Å². The minimum atomic E-state index is -2.21. The van der Waals surface area contributed by atoms with Crippen molar-refractivity contribution in [2.45, 2.75) is 6.92 Å². The minimum absolute atomic E-state index is 0.319. The van der Waals surface area contributed by atoms with Crippen LogP contribution in [0.15, 0.2) is 11.0 Å². The van der Waals surface area contributed by atoms with Gasteiger partial charge in [-0.1, -0.05) is 0 Å². The Labute approximate surface area is 121 Å². The van der Waals surface area contributed by atoms with Crippen LogP contribution in [0.1, 0.15) is 5.56 Å². The molecule has 1 heterocycles. The van der Waals surface area contributed by atoms with Crippen LogP contribution in [-0.2, 0) is 7.05 Å². The van der Waals surface area contributed by atoms with Crippen LogP contribution < -0.4 is 10.2 Å². The molecule has 0 aliphatic rings. The van der Waals surface area contributed by atoms with Crippen molar-refractivity contribution in [1.82, 2.24) is 23.6 Å². The first-order valence-electron chi connectivity index (χ1n) is 6.29. The zero-order valence-corrected chi connectivity index (χ0v) is 14.5. The van der Waals surface area contributed by atoms with Crippen molar-refractivity contribution in [3.05, 3.63) is 22.2 Å². The summed E-state index contributed by atoms with van der Waals surface area (Å²) in [4.78, 5) is 15.8. The van der Waals surface area contributed by atoms with Crippen LogP contribution in [0.2, 0.25) is 0 Å². The van der Waals surface area contributed by atoms with E-state index in [2.05, 4.69) is 4.98 Å². The van der Waals surface area contributed by atoms with Crippen molar-refractivity contribution in [2.24, 2.45) is 7.05 Å². The number of nitrogens with zero attached hydrogens (tertiary/aromatic N) is 5. The van der Waals surface area contributed by atoms with Crippen LogP contribution in [0.5, 0.6) is 5.88 Å². The van der Waals surface area contributed by atoms with Gasteiger partial charge in [0.1, 0.15) is 0 Å². The lowest BCUT2D eigenvalue weighted by Crippen LogP contribution is -2.39. The molecule has 1 aromatic heterocycles. The first kappa shape index (κ1) is 17.0. The molecule has 0 unspecified atom stereocenters. The standard InChI is InChI=1S/C12H25N5O2P/c1-10-9-17(8)12(18)13-11(10)19-20(14(2)3,15(4)5)16(6)7/h9H,1-8H3/q+1. The van der Waals surface area contributed by atoms with E-state index in [0.717, 1.165) is 5.56 Å². The number of hydrogen-bond acceptors (Lipinski definition) is 6. The molecule has 1 rings (SSSR count). The van der Waals surface area contributed by atoms with E-state index in [9.17, 15) is 4.79 Å². The number of hydrogen-bond donors (Lipinski definition) is 0. The molecule has 0 saturated carbocycles. The van der Waals surface area contributed by atoms with E-state index >= 15 is 0 Å². The highest BCUT2D eigenvalue weighted by molar-refractivity contribution is 7.64. The number of aryl methyl sites for hydroxylation is 2. The summed E-state index contributed by atoms with van der Waals surface area (Å²) < 4.78 is 13.8. The van der Waals surface area contributed by atoms with Crippen LogP contribution in [0, 0.1) is 6.92 Å². The fourth-order valence-electron chi connectivity index (χ4n) is 2.18. The predicted molar refractivity (Wildman–Crippen MR) is 82.8 cm³/mol. The molecule has 20 heavy (non-hydrogen) atoms. The second-order valence-electron chi connectivity index (χ2n) is 5.27. The number of aromatic nitrogens is 2. The van der Waals surface area contributed by atoms with Gasteiger partial charge in [-0.3, -0.25) is 4.52 Å². The molecule has 0 bridgehead atoms. The van der Waals surface area contributed by atoms with Crippen molar-refractivity contribution in [3.8, 4) is 5.88 Å². The third-order valence-corrected chi connectivity index (χ3v) is 6.54. The Bertz CT molecular complexity index is 505. The maximum atomic E-state index is 11.7. The van der Waals surface area contributed by atoms with E-state index in [1.807, 2.05) is 63.2 Å². The van der Waals surface area contributed by atoms with E-state index in [4.69, 9.17) is 4.52 Å². The maximum Gasteiger partial charge on any atom is 0.418 e. The van der Waals surface area contributed by atoms with Gasteiger partial charge in [0.05, 0.1) is 0 Å². The summed E-state index contributed by atoms with van der Waals surface area (Å²) >= 11 is 0. The monoisotopic (exact) mass is 302 g/mol. The molecule has 114 valence electrons. The Morgan fingerprint density at radius 1 is 1.10 bits per heavy atom. The zero-order chi connectivity index (χ0) is 15.7. The molecule has 7 nitrogen and oxygen atoms in total. The zero-order valence-electron chi connectivity index (χ0n) is 13.6. The normalized spacial score (nSPS) is 12.6. The molecule has 0 fully saturated rings. The van der Waals surface area contributed by atoms with Gasteiger partial charge in [0.25, 0.3) is 5.88 Å². The summed E-state index contributed by atoms with van der Waals surface area (Å²) in [5, 5.41) is 0. The van der Waals surface area contributed by atoms with E-state index in [1.54, 1.807) is 13.2 Å². The second-order valence-corrected chi connectivity index (χ2v) is 8.88. The molecule has 8 heteroatoms. The van der Waals surface area contributed by atoms with Gasteiger partial charge in [-0.2, -0.15) is 4.98 Å². The highest BCUT2D eigenvalue weighted by Gasteiger charge is 2.53. The molecular formula is C12H25N5O2P+. The van der Waals surface area contributed by atoms with E-state index < -0.39 is 7.94 Å². The Morgan fingerprint density at radius 3 is 1.95 bits per heavy atom. The van der Waals surface area contributed by atoms with Gasteiger partial charge in [0.2, 0.25) is 0 Å². The van der Waals surface area contributed by atoms with Gasteiger partial charge in [0, 0.05) is 61.1 Å². The summed E-state index contributed by atoms with van der Waals surface area (Å²) in [5.41, 5.74) is 0.516. The lowest BCUT2D eigenvalue weighted by molar-refractivity contribution is 0.343.